The van der Waals surface area contributed by atoms with Crippen molar-refractivity contribution in [1.82, 2.24) is 4.98 Å². The van der Waals surface area contributed by atoms with Crippen LogP contribution in [0.15, 0.2) is 78.9 Å². The summed E-state index contributed by atoms with van der Waals surface area (Å²) < 4.78 is 6.28. The van der Waals surface area contributed by atoms with Crippen molar-refractivity contribution in [2.75, 3.05) is 18.0 Å². The molecule has 0 unspecified atom stereocenters. The molecule has 0 aliphatic carbocycles. The smallest absolute Gasteiger partial charge is 0.306 e. The Morgan fingerprint density at radius 2 is 1.54 bits per heavy atom. The van der Waals surface area contributed by atoms with Crippen LogP contribution in [0, 0.1) is 12.8 Å². The Morgan fingerprint density at radius 3 is 2.24 bits per heavy atom. The van der Waals surface area contributed by atoms with Gasteiger partial charge in [-0.2, -0.15) is 0 Å². The van der Waals surface area contributed by atoms with E-state index in [2.05, 4.69) is 72.5 Å². The summed E-state index contributed by atoms with van der Waals surface area (Å²) in [4.78, 5) is 19.6. The number of nitrogens with zero attached hydrogens (tertiary/aromatic N) is 2. The summed E-state index contributed by atoms with van der Waals surface area (Å²) in [6.07, 6.45) is 3.38. The maximum atomic E-state index is 11.3. The highest BCUT2D eigenvalue weighted by Gasteiger charge is 2.26. The fraction of sp³-hybridized carbons (Fsp3) is 0.290. The average molecular weight is 513 g/mol. The number of hydrogen-bond donors (Lipinski definition) is 1. The van der Waals surface area contributed by atoms with Gasteiger partial charge < -0.3 is 14.7 Å². The fourth-order valence-electron chi connectivity index (χ4n) is 4.77. The normalized spacial score (nSPS) is 14.0. The monoisotopic (exact) mass is 512 g/mol. The first kappa shape index (κ1) is 25.0. The molecule has 1 aliphatic rings. The van der Waals surface area contributed by atoms with Gasteiger partial charge in [-0.3, -0.25) is 4.79 Å². The lowest BCUT2D eigenvalue weighted by Gasteiger charge is -2.29. The molecule has 1 saturated heterocycles. The van der Waals surface area contributed by atoms with E-state index in [4.69, 9.17) is 9.72 Å². The lowest BCUT2D eigenvalue weighted by atomic mass is 9.97. The number of benzene rings is 3. The van der Waals surface area contributed by atoms with Gasteiger partial charge in [0, 0.05) is 23.5 Å². The SMILES string of the molecule is Cc1sc(N2CCC(C(=O)O)CC2)nc1-c1ccccc1OCc1ccc(CCc2ccccc2)cc1. The molecule has 0 radical (unpaired) electrons. The molecule has 0 atom stereocenters. The maximum absolute atomic E-state index is 11.3. The molecule has 5 nitrogen and oxygen atoms in total. The van der Waals surface area contributed by atoms with Crippen molar-refractivity contribution in [2.24, 2.45) is 5.92 Å². The van der Waals surface area contributed by atoms with Crippen molar-refractivity contribution in [3.05, 3.63) is 100 Å². The van der Waals surface area contributed by atoms with Crippen LogP contribution in [0.25, 0.3) is 11.3 Å². The number of para-hydroxylation sites is 1. The second-order valence-corrected chi connectivity index (χ2v) is 10.8. The Labute approximate surface area is 222 Å². The van der Waals surface area contributed by atoms with Gasteiger partial charge in [0.2, 0.25) is 0 Å². The van der Waals surface area contributed by atoms with Crippen LogP contribution in [0.2, 0.25) is 0 Å². The summed E-state index contributed by atoms with van der Waals surface area (Å²) in [6, 6.07) is 27.3. The standard InChI is InChI=1S/C31H32N2O3S/c1-22-29(32-31(37-22)33-19-17-26(18-20-33)30(34)35)27-9-5-6-10-28(27)36-21-25-15-13-24(14-16-25)12-11-23-7-3-2-4-8-23/h2-10,13-16,26H,11-12,17-21H2,1H3,(H,34,35). The minimum atomic E-state index is -0.691. The number of aryl methyl sites for hydroxylation is 3. The van der Waals surface area contributed by atoms with Gasteiger partial charge in [-0.25, -0.2) is 4.98 Å². The lowest BCUT2D eigenvalue weighted by Crippen LogP contribution is -2.36. The van der Waals surface area contributed by atoms with Gasteiger partial charge in [-0.1, -0.05) is 66.7 Å². The number of carboxylic acid groups (broad SMARTS) is 1. The molecule has 0 amide bonds. The molecule has 1 N–H and O–H groups in total. The zero-order chi connectivity index (χ0) is 25.6. The number of carbonyl (C=O) groups is 1. The molecule has 190 valence electrons. The van der Waals surface area contributed by atoms with Crippen LogP contribution < -0.4 is 9.64 Å². The number of hydrogen-bond acceptors (Lipinski definition) is 5. The minimum Gasteiger partial charge on any atom is -0.488 e. The lowest BCUT2D eigenvalue weighted by molar-refractivity contribution is -0.142. The van der Waals surface area contributed by atoms with Gasteiger partial charge in [0.05, 0.1) is 11.6 Å². The van der Waals surface area contributed by atoms with Crippen LogP contribution in [0.4, 0.5) is 5.13 Å². The highest BCUT2D eigenvalue weighted by molar-refractivity contribution is 7.16. The number of aromatic nitrogens is 1. The van der Waals surface area contributed by atoms with Crippen molar-refractivity contribution in [1.29, 1.82) is 0 Å². The molecular formula is C31H32N2O3S. The summed E-state index contributed by atoms with van der Waals surface area (Å²) >= 11 is 1.66. The Morgan fingerprint density at radius 1 is 0.919 bits per heavy atom. The van der Waals surface area contributed by atoms with Crippen LogP contribution >= 0.6 is 11.3 Å². The van der Waals surface area contributed by atoms with Crippen LogP contribution in [0.5, 0.6) is 5.75 Å². The maximum Gasteiger partial charge on any atom is 0.306 e. The van der Waals surface area contributed by atoms with E-state index in [0.717, 1.165) is 58.5 Å². The number of thiazole rings is 1. The molecule has 37 heavy (non-hydrogen) atoms. The van der Waals surface area contributed by atoms with Gasteiger partial charge in [-0.05, 0) is 61.4 Å². The topological polar surface area (TPSA) is 62.7 Å². The molecule has 5 rings (SSSR count). The Kier molecular flexibility index (Phi) is 7.85. The summed E-state index contributed by atoms with van der Waals surface area (Å²) in [7, 11) is 0. The van der Waals surface area contributed by atoms with Gasteiger partial charge in [-0.15, -0.1) is 11.3 Å². The number of carboxylic acids is 1. The number of anilines is 1. The highest BCUT2D eigenvalue weighted by atomic mass is 32.1. The second kappa shape index (κ2) is 11.6. The van der Waals surface area contributed by atoms with Gasteiger partial charge in [0.25, 0.3) is 0 Å². The largest absolute Gasteiger partial charge is 0.488 e. The Balaban J connectivity index is 1.23. The molecule has 1 aliphatic heterocycles. The molecule has 1 aromatic heterocycles. The van der Waals surface area contributed by atoms with Crippen molar-refractivity contribution in [2.45, 2.75) is 39.2 Å². The zero-order valence-corrected chi connectivity index (χ0v) is 21.9. The molecule has 0 bridgehead atoms. The number of aliphatic carboxylic acids is 1. The fourth-order valence-corrected chi connectivity index (χ4v) is 5.74. The predicted molar refractivity (Wildman–Crippen MR) is 149 cm³/mol. The Bertz CT molecular complexity index is 1330. The van der Waals surface area contributed by atoms with E-state index in [1.165, 1.54) is 11.1 Å². The van der Waals surface area contributed by atoms with Crippen molar-refractivity contribution in [3.63, 3.8) is 0 Å². The van der Waals surface area contributed by atoms with Gasteiger partial charge in [0.1, 0.15) is 12.4 Å². The first-order chi connectivity index (χ1) is 18.1. The van der Waals surface area contributed by atoms with E-state index in [1.54, 1.807) is 11.3 Å². The predicted octanol–water partition coefficient (Wildman–Crippen LogP) is 6.78. The quantitative estimate of drug-likeness (QED) is 0.268. The van der Waals surface area contributed by atoms with Crippen molar-refractivity contribution in [3.8, 4) is 17.0 Å². The first-order valence-corrected chi connectivity index (χ1v) is 13.7. The highest BCUT2D eigenvalue weighted by Crippen LogP contribution is 2.38. The van der Waals surface area contributed by atoms with Gasteiger partial charge >= 0.3 is 5.97 Å². The summed E-state index contributed by atoms with van der Waals surface area (Å²) in [6.45, 7) is 4.03. The summed E-state index contributed by atoms with van der Waals surface area (Å²) in [5.41, 5.74) is 5.74. The van der Waals surface area contributed by atoms with Crippen molar-refractivity contribution < 1.29 is 14.6 Å². The van der Waals surface area contributed by atoms with E-state index in [0.29, 0.717) is 19.4 Å². The van der Waals surface area contributed by atoms with E-state index in [-0.39, 0.29) is 5.92 Å². The van der Waals surface area contributed by atoms with Crippen LogP contribution in [0.3, 0.4) is 0 Å². The summed E-state index contributed by atoms with van der Waals surface area (Å²) in [5.74, 6) is -0.118. The van der Waals surface area contributed by atoms with E-state index >= 15 is 0 Å². The van der Waals surface area contributed by atoms with E-state index < -0.39 is 5.97 Å². The third-order valence-corrected chi connectivity index (χ3v) is 8.04. The van der Waals surface area contributed by atoms with Crippen LogP contribution in [0.1, 0.15) is 34.4 Å². The van der Waals surface area contributed by atoms with Crippen LogP contribution in [-0.4, -0.2) is 29.1 Å². The molecule has 1 fully saturated rings. The van der Waals surface area contributed by atoms with Gasteiger partial charge in [0.15, 0.2) is 5.13 Å². The third-order valence-electron chi connectivity index (χ3n) is 7.00. The van der Waals surface area contributed by atoms with Crippen molar-refractivity contribution >= 4 is 22.4 Å². The Hall–Kier alpha value is -3.64. The molecule has 4 aromatic rings. The van der Waals surface area contributed by atoms with E-state index in [1.807, 2.05) is 18.2 Å². The third kappa shape index (κ3) is 6.20. The molecule has 6 heteroatoms. The number of piperidine rings is 1. The molecule has 0 saturated carbocycles. The zero-order valence-electron chi connectivity index (χ0n) is 21.1. The number of rotatable bonds is 9. The number of ether oxygens (including phenoxy) is 1. The molecular weight excluding hydrogens is 480 g/mol. The second-order valence-electron chi connectivity index (χ2n) is 9.59. The molecule has 3 aromatic carbocycles. The first-order valence-electron chi connectivity index (χ1n) is 12.9. The molecule has 2 heterocycles. The minimum absolute atomic E-state index is 0.246. The molecule has 0 spiro atoms. The van der Waals surface area contributed by atoms with Crippen LogP contribution in [-0.2, 0) is 24.2 Å². The summed E-state index contributed by atoms with van der Waals surface area (Å²) in [5, 5.41) is 10.2. The average Bonchev–Trinajstić information content (AvgIpc) is 3.33. The van der Waals surface area contributed by atoms with E-state index in [9.17, 15) is 9.90 Å².